The maximum Gasteiger partial charge on any atom is 0.221 e. The molecule has 142 valence electrons. The molecule has 0 fully saturated rings. The Morgan fingerprint density at radius 3 is 2.70 bits per heavy atom. The highest BCUT2D eigenvalue weighted by atomic mass is 32.2. The fourth-order valence-corrected chi connectivity index (χ4v) is 6.13. The Morgan fingerprint density at radius 2 is 2.00 bits per heavy atom. The lowest BCUT2D eigenvalue weighted by atomic mass is 9.89. The molecule has 0 bridgehead atoms. The van der Waals surface area contributed by atoms with Crippen molar-refractivity contribution in [1.82, 2.24) is 5.32 Å². The molecular weight excluding hydrogens is 378 g/mol. The second kappa shape index (κ2) is 7.60. The van der Waals surface area contributed by atoms with Crippen molar-refractivity contribution in [3.8, 4) is 0 Å². The van der Waals surface area contributed by atoms with Gasteiger partial charge in [0.25, 0.3) is 0 Å². The first kappa shape index (κ1) is 18.4. The third-order valence-corrected chi connectivity index (χ3v) is 7.69. The molecule has 1 aromatic heterocycles. The van der Waals surface area contributed by atoms with Crippen LogP contribution in [0.2, 0.25) is 0 Å². The molecule has 27 heavy (non-hydrogen) atoms. The summed E-state index contributed by atoms with van der Waals surface area (Å²) < 4.78 is 23.1. The largest absolute Gasteiger partial charge is 0.344 e. The number of aryl methyl sites for hydroxylation is 2. The van der Waals surface area contributed by atoms with Crippen LogP contribution >= 0.6 is 11.3 Å². The highest BCUT2D eigenvalue weighted by Crippen LogP contribution is 2.30. The van der Waals surface area contributed by atoms with Crippen LogP contribution in [0.4, 0.5) is 0 Å². The van der Waals surface area contributed by atoms with Gasteiger partial charge in [0.2, 0.25) is 5.91 Å². The summed E-state index contributed by atoms with van der Waals surface area (Å²) in [5, 5.41) is 6.38. The number of rotatable bonds is 5. The highest BCUT2D eigenvalue weighted by Gasteiger charge is 2.26. The molecule has 2 heterocycles. The van der Waals surface area contributed by atoms with Crippen LogP contribution in [-0.2, 0) is 27.5 Å². The molecule has 0 radical (unpaired) electrons. The number of hydrogen-bond donors (Lipinski definition) is 1. The quantitative estimate of drug-likeness (QED) is 0.829. The van der Waals surface area contributed by atoms with Crippen molar-refractivity contribution >= 4 is 27.1 Å². The first-order chi connectivity index (χ1) is 13.0. The van der Waals surface area contributed by atoms with E-state index in [0.717, 1.165) is 23.3 Å². The topological polar surface area (TPSA) is 63.2 Å². The number of thiophene rings is 1. The second-order valence-corrected chi connectivity index (χ2v) is 10.3. The first-order valence-corrected chi connectivity index (χ1v) is 11.9. The summed E-state index contributed by atoms with van der Waals surface area (Å²) >= 11 is 1.62. The normalized spacial score (nSPS) is 21.6. The smallest absolute Gasteiger partial charge is 0.221 e. The molecule has 2 atom stereocenters. The first-order valence-electron chi connectivity index (χ1n) is 9.35. The van der Waals surface area contributed by atoms with Crippen LogP contribution in [-0.4, -0.2) is 20.1 Å². The average molecular weight is 402 g/mol. The van der Waals surface area contributed by atoms with Crippen LogP contribution in [0.5, 0.6) is 0 Å². The Labute approximate surface area is 164 Å². The number of hydrogen-bond acceptors (Lipinski definition) is 4. The molecule has 2 unspecified atom stereocenters. The van der Waals surface area contributed by atoms with E-state index in [1.807, 2.05) is 17.5 Å². The molecule has 1 aromatic carbocycles. The molecular formula is C21H23NO3S2. The number of carbonyl (C=O) groups is 1. The number of amides is 1. The van der Waals surface area contributed by atoms with E-state index in [1.54, 1.807) is 17.4 Å². The number of nitrogens with one attached hydrogen (secondary N) is 1. The summed E-state index contributed by atoms with van der Waals surface area (Å²) in [4.78, 5) is 13.7. The molecule has 0 saturated heterocycles. The average Bonchev–Trinajstić information content (AvgIpc) is 3.29. The van der Waals surface area contributed by atoms with Gasteiger partial charge < -0.3 is 5.32 Å². The number of allylic oxidation sites excluding steroid dienone is 1. The zero-order valence-corrected chi connectivity index (χ0v) is 16.7. The molecule has 1 amide bonds. The molecule has 0 saturated carbocycles. The van der Waals surface area contributed by atoms with Gasteiger partial charge in [0.1, 0.15) is 0 Å². The maximum absolute atomic E-state index is 12.6. The third-order valence-electron chi connectivity index (χ3n) is 5.29. The van der Waals surface area contributed by atoms with E-state index in [-0.39, 0.29) is 30.0 Å². The van der Waals surface area contributed by atoms with Crippen LogP contribution in [0.1, 0.15) is 46.9 Å². The van der Waals surface area contributed by atoms with Gasteiger partial charge in [0.15, 0.2) is 9.84 Å². The molecule has 4 nitrogen and oxygen atoms in total. The fourth-order valence-electron chi connectivity index (χ4n) is 3.93. The SMILES string of the molecule is O=C(CC1C=CS(=O)(=O)C1)NC(c1ccc2c(c1)CCCC2)c1cccs1. The third kappa shape index (κ3) is 4.33. The van der Waals surface area contributed by atoms with Gasteiger partial charge in [-0.3, -0.25) is 4.79 Å². The monoisotopic (exact) mass is 401 g/mol. The van der Waals surface area contributed by atoms with Crippen LogP contribution in [0, 0.1) is 5.92 Å². The van der Waals surface area contributed by atoms with E-state index < -0.39 is 9.84 Å². The molecule has 2 aromatic rings. The summed E-state index contributed by atoms with van der Waals surface area (Å²) in [5.74, 6) is -0.316. The lowest BCUT2D eigenvalue weighted by molar-refractivity contribution is -0.122. The van der Waals surface area contributed by atoms with Crippen molar-refractivity contribution in [3.05, 3.63) is 68.8 Å². The number of benzene rings is 1. The second-order valence-electron chi connectivity index (χ2n) is 7.37. The zero-order valence-electron chi connectivity index (χ0n) is 15.1. The Morgan fingerprint density at radius 1 is 1.19 bits per heavy atom. The summed E-state index contributed by atoms with van der Waals surface area (Å²) in [6, 6.07) is 10.4. The van der Waals surface area contributed by atoms with Gasteiger partial charge >= 0.3 is 0 Å². The fraction of sp³-hybridized carbons (Fsp3) is 0.381. The van der Waals surface area contributed by atoms with Gasteiger partial charge in [-0.1, -0.05) is 30.3 Å². The number of sulfone groups is 1. The lowest BCUT2D eigenvalue weighted by Crippen LogP contribution is -2.30. The van der Waals surface area contributed by atoms with E-state index in [9.17, 15) is 13.2 Å². The summed E-state index contributed by atoms with van der Waals surface area (Å²) in [6.45, 7) is 0. The van der Waals surface area contributed by atoms with Crippen molar-refractivity contribution in [1.29, 1.82) is 0 Å². The number of fused-ring (bicyclic) bond motifs is 1. The van der Waals surface area contributed by atoms with Crippen molar-refractivity contribution < 1.29 is 13.2 Å². The van der Waals surface area contributed by atoms with E-state index in [2.05, 4.69) is 23.5 Å². The Kier molecular flexibility index (Phi) is 5.19. The van der Waals surface area contributed by atoms with E-state index in [1.165, 1.54) is 29.4 Å². The molecule has 1 aliphatic carbocycles. The summed E-state index contributed by atoms with van der Waals surface area (Å²) in [5.41, 5.74) is 3.91. The van der Waals surface area contributed by atoms with Crippen LogP contribution in [0.25, 0.3) is 0 Å². The van der Waals surface area contributed by atoms with Crippen molar-refractivity contribution in [2.45, 2.75) is 38.1 Å². The molecule has 0 spiro atoms. The van der Waals surface area contributed by atoms with Crippen LogP contribution < -0.4 is 5.32 Å². The van der Waals surface area contributed by atoms with Gasteiger partial charge in [0, 0.05) is 22.6 Å². The van der Waals surface area contributed by atoms with Gasteiger partial charge in [-0.05, 0) is 53.8 Å². The molecule has 6 heteroatoms. The minimum absolute atomic E-state index is 0.0307. The molecule has 2 aliphatic rings. The lowest BCUT2D eigenvalue weighted by Gasteiger charge is -2.22. The number of carbonyl (C=O) groups excluding carboxylic acids is 1. The van der Waals surface area contributed by atoms with Gasteiger partial charge in [-0.2, -0.15) is 0 Å². The predicted octanol–water partition coefficient (Wildman–Crippen LogP) is 3.78. The molecule has 1 aliphatic heterocycles. The van der Waals surface area contributed by atoms with Crippen LogP contribution in [0.3, 0.4) is 0 Å². The van der Waals surface area contributed by atoms with E-state index in [0.29, 0.717) is 0 Å². The highest BCUT2D eigenvalue weighted by molar-refractivity contribution is 7.94. The molecule has 1 N–H and O–H groups in total. The Hall–Kier alpha value is -1.92. The van der Waals surface area contributed by atoms with Gasteiger partial charge in [-0.25, -0.2) is 8.42 Å². The Bertz CT molecular complexity index is 961. The van der Waals surface area contributed by atoms with Crippen molar-refractivity contribution in [2.24, 2.45) is 5.92 Å². The predicted molar refractivity (Wildman–Crippen MR) is 108 cm³/mol. The summed E-state index contributed by atoms with van der Waals surface area (Å²) in [7, 11) is -3.13. The van der Waals surface area contributed by atoms with E-state index in [4.69, 9.17) is 0 Å². The van der Waals surface area contributed by atoms with Gasteiger partial charge in [0.05, 0.1) is 11.8 Å². The van der Waals surface area contributed by atoms with Crippen molar-refractivity contribution in [3.63, 3.8) is 0 Å². The van der Waals surface area contributed by atoms with Crippen molar-refractivity contribution in [2.75, 3.05) is 5.75 Å². The Balaban J connectivity index is 1.54. The molecule has 4 rings (SSSR count). The summed E-state index contributed by atoms with van der Waals surface area (Å²) in [6.07, 6.45) is 6.52. The van der Waals surface area contributed by atoms with Gasteiger partial charge in [-0.15, -0.1) is 11.3 Å². The maximum atomic E-state index is 12.6. The van der Waals surface area contributed by atoms with E-state index >= 15 is 0 Å². The van der Waals surface area contributed by atoms with Crippen LogP contribution in [0.15, 0.2) is 47.2 Å². The minimum atomic E-state index is -3.13. The minimum Gasteiger partial charge on any atom is -0.344 e. The standard InChI is InChI=1S/C21H23NO3S2/c23-20(12-15-9-11-27(24,25)14-15)22-21(19-6-3-10-26-19)18-8-7-16-4-1-2-5-17(16)13-18/h3,6-11,13,15,21H,1-2,4-5,12,14H2,(H,22,23). The zero-order chi connectivity index (χ0) is 18.9.